The molecule has 0 heterocycles. The van der Waals surface area contributed by atoms with Crippen molar-refractivity contribution in [3.8, 4) is 0 Å². The van der Waals surface area contributed by atoms with Crippen molar-refractivity contribution in [3.05, 3.63) is 24.3 Å². The molecular weight excluding hydrogens is 200 g/mol. The maximum absolute atomic E-state index is 10.5. The second-order valence-corrected chi connectivity index (χ2v) is 3.85. The van der Waals surface area contributed by atoms with Gasteiger partial charge < -0.3 is 4.74 Å². The van der Waals surface area contributed by atoms with Crippen LogP contribution in [0.15, 0.2) is 24.3 Å². The Kier molecular flexibility index (Phi) is 11.2. The van der Waals surface area contributed by atoms with Gasteiger partial charge in [-0.15, -0.1) is 0 Å². The zero-order valence-electron chi connectivity index (χ0n) is 10.6. The molecule has 0 aromatic heterocycles. The van der Waals surface area contributed by atoms with Crippen LogP contribution in [0.4, 0.5) is 0 Å². The van der Waals surface area contributed by atoms with Crippen LogP contribution < -0.4 is 0 Å². The Hall–Kier alpha value is -1.05. The molecule has 0 bridgehead atoms. The monoisotopic (exact) mass is 224 g/mol. The standard InChI is InChI=1S/C14H24O2/c1-3-4-5-6-7-8-9-10-11-12-13-16-14(2)15/h3-6H,7-13H2,1-2H3/b4-3+,6-5+. The van der Waals surface area contributed by atoms with Crippen molar-refractivity contribution in [2.75, 3.05) is 6.61 Å². The van der Waals surface area contributed by atoms with Gasteiger partial charge in [0, 0.05) is 6.92 Å². The molecule has 0 rings (SSSR count). The molecule has 0 aliphatic carbocycles. The Morgan fingerprint density at radius 3 is 2.44 bits per heavy atom. The first-order valence-electron chi connectivity index (χ1n) is 6.18. The molecule has 16 heavy (non-hydrogen) atoms. The number of ether oxygens (including phenoxy) is 1. The largest absolute Gasteiger partial charge is 0.466 e. The lowest BCUT2D eigenvalue weighted by Gasteiger charge is -2.01. The van der Waals surface area contributed by atoms with E-state index in [0.717, 1.165) is 19.3 Å². The van der Waals surface area contributed by atoms with Gasteiger partial charge in [0.15, 0.2) is 0 Å². The molecule has 2 heteroatoms. The van der Waals surface area contributed by atoms with E-state index in [2.05, 4.69) is 18.2 Å². The van der Waals surface area contributed by atoms with Gasteiger partial charge in [-0.25, -0.2) is 0 Å². The summed E-state index contributed by atoms with van der Waals surface area (Å²) in [6.45, 7) is 4.06. The molecule has 0 aliphatic rings. The van der Waals surface area contributed by atoms with E-state index in [4.69, 9.17) is 4.74 Å². The van der Waals surface area contributed by atoms with Crippen molar-refractivity contribution < 1.29 is 9.53 Å². The fourth-order valence-corrected chi connectivity index (χ4v) is 1.40. The van der Waals surface area contributed by atoms with E-state index in [-0.39, 0.29) is 5.97 Å². The third-order valence-corrected chi connectivity index (χ3v) is 2.26. The van der Waals surface area contributed by atoms with Crippen molar-refractivity contribution >= 4 is 5.97 Å². The first kappa shape index (κ1) is 14.9. The molecule has 0 fully saturated rings. The number of carbonyl (C=O) groups excluding carboxylic acids is 1. The highest BCUT2D eigenvalue weighted by atomic mass is 16.5. The molecule has 92 valence electrons. The van der Waals surface area contributed by atoms with Gasteiger partial charge in [0.2, 0.25) is 0 Å². The SMILES string of the molecule is C/C=C/C=C/CCCCCCCOC(C)=O. The lowest BCUT2D eigenvalue weighted by molar-refractivity contribution is -0.141. The molecule has 0 aromatic rings. The van der Waals surface area contributed by atoms with Crippen molar-refractivity contribution in [3.63, 3.8) is 0 Å². The summed E-state index contributed by atoms with van der Waals surface area (Å²) < 4.78 is 4.86. The Morgan fingerprint density at radius 2 is 1.75 bits per heavy atom. The summed E-state index contributed by atoms with van der Waals surface area (Å²) in [6.07, 6.45) is 15.5. The number of hydrogen-bond donors (Lipinski definition) is 0. The number of unbranched alkanes of at least 4 members (excludes halogenated alkanes) is 5. The molecular formula is C14H24O2. The van der Waals surface area contributed by atoms with E-state index in [1.54, 1.807) is 0 Å². The maximum atomic E-state index is 10.5. The second kappa shape index (κ2) is 12.0. The minimum absolute atomic E-state index is 0.172. The highest BCUT2D eigenvalue weighted by Gasteiger charge is 1.93. The van der Waals surface area contributed by atoms with Gasteiger partial charge in [-0.3, -0.25) is 4.79 Å². The molecule has 0 atom stereocenters. The summed E-state index contributed by atoms with van der Waals surface area (Å²) in [5, 5.41) is 0. The first-order chi connectivity index (χ1) is 7.77. The van der Waals surface area contributed by atoms with Gasteiger partial charge in [-0.1, -0.05) is 43.6 Å². The second-order valence-electron chi connectivity index (χ2n) is 3.85. The van der Waals surface area contributed by atoms with Gasteiger partial charge in [0.05, 0.1) is 6.61 Å². The fourth-order valence-electron chi connectivity index (χ4n) is 1.40. The van der Waals surface area contributed by atoms with Crippen LogP contribution in [0, 0.1) is 0 Å². The Bertz CT molecular complexity index is 217. The summed E-state index contributed by atoms with van der Waals surface area (Å²) >= 11 is 0. The topological polar surface area (TPSA) is 26.3 Å². The summed E-state index contributed by atoms with van der Waals surface area (Å²) in [5.74, 6) is -0.172. The van der Waals surface area contributed by atoms with Crippen LogP contribution >= 0.6 is 0 Å². The van der Waals surface area contributed by atoms with E-state index in [1.165, 1.54) is 26.2 Å². The van der Waals surface area contributed by atoms with Crippen LogP contribution in [0.2, 0.25) is 0 Å². The molecule has 0 aliphatic heterocycles. The summed E-state index contributed by atoms with van der Waals surface area (Å²) in [6, 6.07) is 0. The average molecular weight is 224 g/mol. The van der Waals surface area contributed by atoms with Crippen LogP contribution in [0.5, 0.6) is 0 Å². The predicted octanol–water partition coefficient (Wildman–Crippen LogP) is 4.02. The number of carbonyl (C=O) groups is 1. The van der Waals surface area contributed by atoms with Crippen molar-refractivity contribution in [1.82, 2.24) is 0 Å². The predicted molar refractivity (Wildman–Crippen MR) is 68.3 cm³/mol. The zero-order valence-corrected chi connectivity index (χ0v) is 10.6. The van der Waals surface area contributed by atoms with Gasteiger partial charge in [0.25, 0.3) is 0 Å². The lowest BCUT2D eigenvalue weighted by atomic mass is 10.1. The molecule has 2 nitrogen and oxygen atoms in total. The Labute approximate surface area is 99.4 Å². The highest BCUT2D eigenvalue weighted by molar-refractivity contribution is 5.65. The molecule has 0 saturated carbocycles. The van der Waals surface area contributed by atoms with Gasteiger partial charge >= 0.3 is 5.97 Å². The summed E-state index contributed by atoms with van der Waals surface area (Å²) in [4.78, 5) is 10.5. The lowest BCUT2D eigenvalue weighted by Crippen LogP contribution is -1.99. The third-order valence-electron chi connectivity index (χ3n) is 2.26. The van der Waals surface area contributed by atoms with Crippen LogP contribution in [-0.2, 0) is 9.53 Å². The molecule has 0 aromatic carbocycles. The quantitative estimate of drug-likeness (QED) is 0.336. The summed E-state index contributed by atoms with van der Waals surface area (Å²) in [5.41, 5.74) is 0. The smallest absolute Gasteiger partial charge is 0.302 e. The van der Waals surface area contributed by atoms with Crippen LogP contribution in [-0.4, -0.2) is 12.6 Å². The first-order valence-corrected chi connectivity index (χ1v) is 6.18. The Balaban J connectivity index is 3.07. The minimum Gasteiger partial charge on any atom is -0.466 e. The van der Waals surface area contributed by atoms with Crippen LogP contribution in [0.1, 0.15) is 52.4 Å². The van der Waals surface area contributed by atoms with Crippen molar-refractivity contribution in [1.29, 1.82) is 0 Å². The average Bonchev–Trinajstić information content (AvgIpc) is 2.25. The van der Waals surface area contributed by atoms with Crippen molar-refractivity contribution in [2.45, 2.75) is 52.4 Å². The Morgan fingerprint density at radius 1 is 1.06 bits per heavy atom. The van der Waals surface area contributed by atoms with Gasteiger partial charge in [-0.2, -0.15) is 0 Å². The van der Waals surface area contributed by atoms with E-state index in [9.17, 15) is 4.79 Å². The minimum atomic E-state index is -0.172. The molecule has 0 unspecified atom stereocenters. The normalized spacial score (nSPS) is 11.4. The van der Waals surface area contributed by atoms with E-state index >= 15 is 0 Å². The molecule has 0 spiro atoms. The van der Waals surface area contributed by atoms with Gasteiger partial charge in [0.1, 0.15) is 0 Å². The fraction of sp³-hybridized carbons (Fsp3) is 0.643. The van der Waals surface area contributed by atoms with E-state index in [1.807, 2.05) is 13.0 Å². The maximum Gasteiger partial charge on any atom is 0.302 e. The van der Waals surface area contributed by atoms with Gasteiger partial charge in [-0.05, 0) is 26.2 Å². The number of allylic oxidation sites excluding steroid dienone is 4. The van der Waals surface area contributed by atoms with Crippen LogP contribution in [0.3, 0.4) is 0 Å². The highest BCUT2D eigenvalue weighted by Crippen LogP contribution is 2.06. The molecule has 0 saturated heterocycles. The van der Waals surface area contributed by atoms with Crippen molar-refractivity contribution in [2.24, 2.45) is 0 Å². The number of rotatable bonds is 9. The molecule has 0 N–H and O–H groups in total. The molecule has 0 amide bonds. The molecule has 0 radical (unpaired) electrons. The number of hydrogen-bond acceptors (Lipinski definition) is 2. The van der Waals surface area contributed by atoms with Crippen LogP contribution in [0.25, 0.3) is 0 Å². The van der Waals surface area contributed by atoms with E-state index < -0.39 is 0 Å². The zero-order chi connectivity index (χ0) is 12.1. The number of esters is 1. The third kappa shape index (κ3) is 12.9. The van der Waals surface area contributed by atoms with E-state index in [0.29, 0.717) is 6.61 Å². The summed E-state index contributed by atoms with van der Waals surface area (Å²) in [7, 11) is 0.